The molecule has 1 aromatic heterocycles. The van der Waals surface area contributed by atoms with Crippen LogP contribution in [0.2, 0.25) is 0 Å². The van der Waals surface area contributed by atoms with Gasteiger partial charge in [0, 0.05) is 11.1 Å². The molecular formula is C20H15F4N3O3S. The van der Waals surface area contributed by atoms with Crippen molar-refractivity contribution in [2.24, 2.45) is 5.92 Å². The van der Waals surface area contributed by atoms with Crippen LogP contribution in [0.5, 0.6) is 5.75 Å². The van der Waals surface area contributed by atoms with Crippen LogP contribution in [0.3, 0.4) is 0 Å². The highest BCUT2D eigenvalue weighted by Crippen LogP contribution is 2.54. The van der Waals surface area contributed by atoms with Gasteiger partial charge in [0.2, 0.25) is 0 Å². The topological polar surface area (TPSA) is 75.3 Å². The van der Waals surface area contributed by atoms with Crippen LogP contribution in [0.1, 0.15) is 24.4 Å². The van der Waals surface area contributed by atoms with Gasteiger partial charge in [0.05, 0.1) is 28.5 Å². The van der Waals surface area contributed by atoms with E-state index in [1.807, 2.05) is 0 Å². The summed E-state index contributed by atoms with van der Waals surface area (Å²) in [4.78, 5) is -0.199. The van der Waals surface area contributed by atoms with E-state index in [4.69, 9.17) is 0 Å². The van der Waals surface area contributed by atoms with E-state index in [2.05, 4.69) is 14.9 Å². The Morgan fingerprint density at radius 1 is 1.10 bits per heavy atom. The SMILES string of the molecule is O=S(=O)(c1ccc(OC(F)(F)F)cc1)N1c2ccc(F)cc2-c2[nH]ncc2[C@H]1C1CC1. The van der Waals surface area contributed by atoms with Crippen LogP contribution in [-0.2, 0) is 10.0 Å². The minimum Gasteiger partial charge on any atom is -0.406 e. The molecule has 0 radical (unpaired) electrons. The van der Waals surface area contributed by atoms with Crippen molar-refractivity contribution in [1.82, 2.24) is 10.2 Å². The van der Waals surface area contributed by atoms with Crippen molar-refractivity contribution < 1.29 is 30.7 Å². The first-order chi connectivity index (χ1) is 14.6. The Bertz CT molecular complexity index is 1250. The first kappa shape index (κ1) is 19.9. The number of sulfonamides is 1. The molecule has 2 aromatic carbocycles. The molecule has 1 saturated carbocycles. The molecule has 1 atom stereocenters. The maximum absolute atomic E-state index is 14.0. The largest absolute Gasteiger partial charge is 0.573 e. The summed E-state index contributed by atoms with van der Waals surface area (Å²) in [6.07, 6.45) is -1.72. The number of hydrogen-bond acceptors (Lipinski definition) is 4. The van der Waals surface area contributed by atoms with Gasteiger partial charge in [0.1, 0.15) is 11.6 Å². The maximum Gasteiger partial charge on any atom is 0.573 e. The lowest BCUT2D eigenvalue weighted by Gasteiger charge is -2.37. The quantitative estimate of drug-likeness (QED) is 0.578. The van der Waals surface area contributed by atoms with Crippen molar-refractivity contribution in [3.8, 4) is 17.0 Å². The summed E-state index contributed by atoms with van der Waals surface area (Å²) in [5, 5.41) is 6.87. The minimum absolute atomic E-state index is 0.0529. The van der Waals surface area contributed by atoms with Gasteiger partial charge < -0.3 is 4.74 Å². The van der Waals surface area contributed by atoms with Crippen molar-refractivity contribution >= 4 is 15.7 Å². The highest BCUT2D eigenvalue weighted by molar-refractivity contribution is 7.92. The average Bonchev–Trinajstić information content (AvgIpc) is 3.41. The fourth-order valence-electron chi connectivity index (χ4n) is 3.98. The lowest BCUT2D eigenvalue weighted by atomic mass is 9.93. The summed E-state index contributed by atoms with van der Waals surface area (Å²) in [5.41, 5.74) is 1.84. The van der Waals surface area contributed by atoms with E-state index in [0.717, 1.165) is 37.1 Å². The monoisotopic (exact) mass is 453 g/mol. The second-order valence-electron chi connectivity index (χ2n) is 7.46. The molecule has 0 spiro atoms. The molecule has 1 fully saturated rings. The van der Waals surface area contributed by atoms with E-state index in [-0.39, 0.29) is 16.5 Å². The van der Waals surface area contributed by atoms with Gasteiger partial charge in [-0.15, -0.1) is 13.2 Å². The van der Waals surface area contributed by atoms with Crippen LogP contribution >= 0.6 is 0 Å². The van der Waals surface area contributed by atoms with E-state index in [1.54, 1.807) is 0 Å². The third-order valence-electron chi connectivity index (χ3n) is 5.39. The minimum atomic E-state index is -4.88. The van der Waals surface area contributed by atoms with E-state index in [1.165, 1.54) is 28.7 Å². The summed E-state index contributed by atoms with van der Waals surface area (Å²) < 4.78 is 83.6. The zero-order valence-corrected chi connectivity index (χ0v) is 16.5. The molecule has 1 N–H and O–H groups in total. The molecule has 2 aliphatic rings. The standard InChI is InChI=1S/C20H15F4N3O3S/c21-12-3-8-17-15(9-12)18-16(10-25-26-18)19(11-1-2-11)27(17)31(28,29)14-6-4-13(5-7-14)30-20(22,23)24/h3-11,19H,1-2H2,(H,25,26)/t19-/m1/s1. The summed E-state index contributed by atoms with van der Waals surface area (Å²) in [6, 6.07) is 7.27. The van der Waals surface area contributed by atoms with Crippen molar-refractivity contribution in [2.45, 2.75) is 30.1 Å². The van der Waals surface area contributed by atoms with Gasteiger partial charge in [0.15, 0.2) is 0 Å². The fraction of sp³-hybridized carbons (Fsp3) is 0.250. The lowest BCUT2D eigenvalue weighted by Crippen LogP contribution is -2.38. The number of H-pyrrole nitrogens is 1. The summed E-state index contributed by atoms with van der Waals surface area (Å²) in [5.74, 6) is -1.00. The molecule has 1 aliphatic carbocycles. The summed E-state index contributed by atoms with van der Waals surface area (Å²) in [6.45, 7) is 0. The predicted molar refractivity (Wildman–Crippen MR) is 102 cm³/mol. The van der Waals surface area contributed by atoms with Gasteiger partial charge in [-0.25, -0.2) is 12.8 Å². The molecule has 0 amide bonds. The Labute approximate surface area is 174 Å². The number of alkyl halides is 3. The Morgan fingerprint density at radius 3 is 2.45 bits per heavy atom. The van der Waals surface area contributed by atoms with Crippen molar-refractivity contribution in [3.63, 3.8) is 0 Å². The number of nitrogens with one attached hydrogen (secondary N) is 1. The van der Waals surface area contributed by atoms with E-state index >= 15 is 0 Å². The summed E-state index contributed by atoms with van der Waals surface area (Å²) in [7, 11) is -4.19. The Kier molecular flexibility index (Phi) is 4.30. The van der Waals surface area contributed by atoms with Crippen LogP contribution in [0.4, 0.5) is 23.2 Å². The Balaban J connectivity index is 1.62. The number of fused-ring (bicyclic) bond motifs is 3. The predicted octanol–water partition coefficient (Wildman–Crippen LogP) is 4.77. The van der Waals surface area contributed by atoms with E-state index in [9.17, 15) is 26.0 Å². The number of halogens is 4. The van der Waals surface area contributed by atoms with E-state index < -0.39 is 34.0 Å². The first-order valence-electron chi connectivity index (χ1n) is 9.38. The third-order valence-corrected chi connectivity index (χ3v) is 7.20. The number of aromatic amines is 1. The molecule has 0 bridgehead atoms. The Morgan fingerprint density at radius 2 is 1.81 bits per heavy atom. The number of hydrogen-bond donors (Lipinski definition) is 1. The van der Waals surface area contributed by atoms with Gasteiger partial charge in [0.25, 0.3) is 10.0 Å². The lowest BCUT2D eigenvalue weighted by molar-refractivity contribution is -0.274. The summed E-state index contributed by atoms with van der Waals surface area (Å²) >= 11 is 0. The molecule has 5 rings (SSSR count). The zero-order valence-electron chi connectivity index (χ0n) is 15.7. The molecule has 2 heterocycles. The molecule has 0 unspecified atom stereocenters. The second kappa shape index (κ2) is 6.71. The van der Waals surface area contributed by atoms with Crippen molar-refractivity contribution in [1.29, 1.82) is 0 Å². The molecule has 0 saturated heterocycles. The number of aromatic nitrogens is 2. The highest BCUT2D eigenvalue weighted by atomic mass is 32.2. The van der Waals surface area contributed by atoms with Crippen molar-refractivity contribution in [3.05, 3.63) is 60.0 Å². The second-order valence-corrected chi connectivity index (χ2v) is 9.28. The zero-order chi connectivity index (χ0) is 22.0. The first-order valence-corrected chi connectivity index (χ1v) is 10.8. The van der Waals surface area contributed by atoms with Crippen LogP contribution in [0.25, 0.3) is 11.3 Å². The number of benzene rings is 2. The molecule has 3 aromatic rings. The van der Waals surface area contributed by atoms with Gasteiger partial charge in [-0.05, 0) is 61.2 Å². The smallest absolute Gasteiger partial charge is 0.406 e. The molecule has 6 nitrogen and oxygen atoms in total. The van der Waals surface area contributed by atoms with Crippen molar-refractivity contribution in [2.75, 3.05) is 4.31 Å². The third kappa shape index (κ3) is 3.42. The van der Waals surface area contributed by atoms with Gasteiger partial charge >= 0.3 is 6.36 Å². The number of ether oxygens (including phenoxy) is 1. The number of nitrogens with zero attached hydrogens (tertiary/aromatic N) is 2. The Hall–Kier alpha value is -3.08. The number of anilines is 1. The van der Waals surface area contributed by atoms with Crippen LogP contribution < -0.4 is 9.04 Å². The average molecular weight is 453 g/mol. The van der Waals surface area contributed by atoms with Gasteiger partial charge in [-0.2, -0.15) is 5.10 Å². The van der Waals surface area contributed by atoms with Gasteiger partial charge in [-0.3, -0.25) is 9.40 Å². The molecule has 11 heteroatoms. The maximum atomic E-state index is 14.0. The molecular weight excluding hydrogens is 438 g/mol. The van der Waals surface area contributed by atoms with Crippen LogP contribution in [0, 0.1) is 11.7 Å². The molecule has 31 heavy (non-hydrogen) atoms. The molecule has 1 aliphatic heterocycles. The van der Waals surface area contributed by atoms with Crippen LogP contribution in [-0.4, -0.2) is 25.0 Å². The van der Waals surface area contributed by atoms with Gasteiger partial charge in [-0.1, -0.05) is 0 Å². The van der Waals surface area contributed by atoms with Crippen LogP contribution in [0.15, 0.2) is 53.6 Å². The number of rotatable bonds is 4. The highest BCUT2D eigenvalue weighted by Gasteiger charge is 2.47. The van der Waals surface area contributed by atoms with E-state index in [0.29, 0.717) is 16.8 Å². The normalized spacial score (nSPS) is 18.5. The molecule has 162 valence electrons. The fourth-order valence-corrected chi connectivity index (χ4v) is 5.69.